The molecular weight excluding hydrogens is 288 g/mol. The van der Waals surface area contributed by atoms with Gasteiger partial charge in [0.1, 0.15) is 0 Å². The molecule has 1 aromatic carbocycles. The van der Waals surface area contributed by atoms with Crippen LogP contribution in [0.2, 0.25) is 5.02 Å². The first-order valence-corrected chi connectivity index (χ1v) is 6.23. The summed E-state index contributed by atoms with van der Waals surface area (Å²) >= 11 is 10.8. The largest absolute Gasteiger partial charge is 0.469 e. The molecule has 0 radical (unpaired) electrons. The maximum atomic E-state index is 11.5. The maximum Gasteiger partial charge on any atom is 0.306 e. The standard InChI is InChI=1S/C12H13ClN2O3S/c1-18-11(17)6-5-10(16)15-12(19)14-9-4-2-3-8(13)7-9/h2-4,7H,5-6H2,1H3,(H2,14,15,16,19). The molecule has 1 aromatic rings. The van der Waals surface area contributed by atoms with E-state index in [0.29, 0.717) is 10.7 Å². The highest BCUT2D eigenvalue weighted by atomic mass is 35.5. The molecule has 0 atom stereocenters. The summed E-state index contributed by atoms with van der Waals surface area (Å²) in [5, 5.41) is 5.98. The Kier molecular flexibility index (Phi) is 6.24. The van der Waals surface area contributed by atoms with Crippen molar-refractivity contribution >= 4 is 46.5 Å². The van der Waals surface area contributed by atoms with Crippen LogP contribution in [0.25, 0.3) is 0 Å². The van der Waals surface area contributed by atoms with Crippen molar-refractivity contribution in [2.45, 2.75) is 12.8 Å². The van der Waals surface area contributed by atoms with Gasteiger partial charge in [0, 0.05) is 17.1 Å². The Bertz CT molecular complexity index is 494. The number of thiocarbonyl (C=S) groups is 1. The van der Waals surface area contributed by atoms with E-state index in [2.05, 4.69) is 15.4 Å². The molecular formula is C12H13ClN2O3S. The summed E-state index contributed by atoms with van der Waals surface area (Å²) in [5.74, 6) is -0.797. The Labute approximate surface area is 121 Å². The Morgan fingerprint density at radius 2 is 2.11 bits per heavy atom. The molecule has 0 unspecified atom stereocenters. The van der Waals surface area contributed by atoms with Gasteiger partial charge >= 0.3 is 5.97 Å². The van der Waals surface area contributed by atoms with Gasteiger partial charge in [-0.2, -0.15) is 0 Å². The average molecular weight is 301 g/mol. The summed E-state index contributed by atoms with van der Waals surface area (Å²) in [5.41, 5.74) is 0.672. The zero-order chi connectivity index (χ0) is 14.3. The summed E-state index contributed by atoms with van der Waals surface area (Å²) in [7, 11) is 1.27. The summed E-state index contributed by atoms with van der Waals surface area (Å²) < 4.78 is 4.43. The van der Waals surface area contributed by atoms with Crippen molar-refractivity contribution in [2.75, 3.05) is 12.4 Å². The van der Waals surface area contributed by atoms with E-state index in [4.69, 9.17) is 23.8 Å². The van der Waals surface area contributed by atoms with Crippen LogP contribution in [0.4, 0.5) is 5.69 Å². The number of carbonyl (C=O) groups excluding carboxylic acids is 2. The molecule has 1 amide bonds. The second-order valence-corrected chi connectivity index (χ2v) is 4.43. The van der Waals surface area contributed by atoms with Crippen LogP contribution in [-0.4, -0.2) is 24.1 Å². The number of amides is 1. The lowest BCUT2D eigenvalue weighted by molar-refractivity contribution is -0.142. The molecule has 0 aliphatic carbocycles. The van der Waals surface area contributed by atoms with Crippen LogP contribution >= 0.6 is 23.8 Å². The van der Waals surface area contributed by atoms with Crippen molar-refractivity contribution in [1.82, 2.24) is 5.32 Å². The minimum Gasteiger partial charge on any atom is -0.469 e. The fraction of sp³-hybridized carbons (Fsp3) is 0.250. The topological polar surface area (TPSA) is 67.4 Å². The molecule has 0 bridgehead atoms. The highest BCUT2D eigenvalue weighted by molar-refractivity contribution is 7.80. The molecule has 0 aliphatic heterocycles. The first-order valence-electron chi connectivity index (χ1n) is 5.44. The number of anilines is 1. The number of rotatable bonds is 4. The third-order valence-corrected chi connectivity index (χ3v) is 2.56. The quantitative estimate of drug-likeness (QED) is 0.658. The van der Waals surface area contributed by atoms with Gasteiger partial charge in [-0.05, 0) is 30.4 Å². The molecule has 1 rings (SSSR count). The second-order valence-electron chi connectivity index (χ2n) is 3.59. The molecule has 0 aromatic heterocycles. The number of halogens is 1. The van der Waals surface area contributed by atoms with Crippen LogP contribution in [0.3, 0.4) is 0 Å². The number of esters is 1. The van der Waals surface area contributed by atoms with Crippen LogP contribution in [0.1, 0.15) is 12.8 Å². The molecule has 0 heterocycles. The molecule has 0 aliphatic rings. The molecule has 0 saturated carbocycles. The summed E-state index contributed by atoms with van der Waals surface area (Å²) in [4.78, 5) is 22.3. The smallest absolute Gasteiger partial charge is 0.306 e. The molecule has 0 spiro atoms. The molecule has 0 fully saturated rings. The number of methoxy groups -OCH3 is 1. The van der Waals surface area contributed by atoms with Gasteiger partial charge in [-0.25, -0.2) is 0 Å². The van der Waals surface area contributed by atoms with Crippen molar-refractivity contribution in [3.8, 4) is 0 Å². The van der Waals surface area contributed by atoms with E-state index in [9.17, 15) is 9.59 Å². The predicted molar refractivity (Wildman–Crippen MR) is 77.1 cm³/mol. The number of ether oxygens (including phenoxy) is 1. The van der Waals surface area contributed by atoms with Crippen LogP contribution in [0.5, 0.6) is 0 Å². The maximum absolute atomic E-state index is 11.5. The van der Waals surface area contributed by atoms with Gasteiger partial charge in [-0.15, -0.1) is 0 Å². The minimum atomic E-state index is -0.441. The third-order valence-electron chi connectivity index (χ3n) is 2.12. The number of nitrogens with one attached hydrogen (secondary N) is 2. The van der Waals surface area contributed by atoms with Crippen molar-refractivity contribution in [1.29, 1.82) is 0 Å². The number of carbonyl (C=O) groups is 2. The predicted octanol–water partition coefficient (Wildman–Crippen LogP) is 2.11. The van der Waals surface area contributed by atoms with Crippen molar-refractivity contribution in [3.63, 3.8) is 0 Å². The Morgan fingerprint density at radius 3 is 2.74 bits per heavy atom. The fourth-order valence-corrected chi connectivity index (χ4v) is 1.66. The lowest BCUT2D eigenvalue weighted by atomic mass is 10.3. The van der Waals surface area contributed by atoms with Crippen LogP contribution in [-0.2, 0) is 14.3 Å². The monoisotopic (exact) mass is 300 g/mol. The third kappa shape index (κ3) is 6.17. The highest BCUT2D eigenvalue weighted by Crippen LogP contribution is 2.14. The number of benzene rings is 1. The summed E-state index contributed by atoms with van der Waals surface area (Å²) in [6.45, 7) is 0. The summed E-state index contributed by atoms with van der Waals surface area (Å²) in [6, 6.07) is 6.92. The molecule has 19 heavy (non-hydrogen) atoms. The van der Waals surface area contributed by atoms with Gasteiger partial charge in [0.25, 0.3) is 0 Å². The Hall–Kier alpha value is -1.66. The van der Waals surface area contributed by atoms with E-state index in [-0.39, 0.29) is 23.9 Å². The Morgan fingerprint density at radius 1 is 1.37 bits per heavy atom. The van der Waals surface area contributed by atoms with Gasteiger partial charge < -0.3 is 15.4 Å². The van der Waals surface area contributed by atoms with E-state index in [1.54, 1.807) is 24.3 Å². The van der Waals surface area contributed by atoms with E-state index in [1.165, 1.54) is 7.11 Å². The lowest BCUT2D eigenvalue weighted by Crippen LogP contribution is -2.34. The molecule has 0 saturated heterocycles. The molecule has 2 N–H and O–H groups in total. The van der Waals surface area contributed by atoms with E-state index in [1.807, 2.05) is 0 Å². The second kappa shape index (κ2) is 7.70. The van der Waals surface area contributed by atoms with Crippen molar-refractivity contribution < 1.29 is 14.3 Å². The van der Waals surface area contributed by atoms with Gasteiger partial charge in [-0.3, -0.25) is 9.59 Å². The number of hydrogen-bond acceptors (Lipinski definition) is 4. The van der Waals surface area contributed by atoms with Crippen LogP contribution in [0, 0.1) is 0 Å². The van der Waals surface area contributed by atoms with Crippen LogP contribution in [0.15, 0.2) is 24.3 Å². The molecule has 102 valence electrons. The highest BCUT2D eigenvalue weighted by Gasteiger charge is 2.08. The Balaban J connectivity index is 2.39. The van der Waals surface area contributed by atoms with Gasteiger partial charge in [0.2, 0.25) is 5.91 Å². The van der Waals surface area contributed by atoms with Crippen LogP contribution < -0.4 is 10.6 Å². The van der Waals surface area contributed by atoms with E-state index in [0.717, 1.165) is 0 Å². The van der Waals surface area contributed by atoms with Gasteiger partial charge in [0.15, 0.2) is 5.11 Å². The zero-order valence-corrected chi connectivity index (χ0v) is 11.8. The van der Waals surface area contributed by atoms with Crippen molar-refractivity contribution in [2.24, 2.45) is 0 Å². The normalized spacial score (nSPS) is 9.58. The van der Waals surface area contributed by atoms with Gasteiger partial charge in [-0.1, -0.05) is 17.7 Å². The number of hydrogen-bond donors (Lipinski definition) is 2. The SMILES string of the molecule is COC(=O)CCC(=O)NC(=S)Nc1cccc(Cl)c1. The molecule has 5 nitrogen and oxygen atoms in total. The van der Waals surface area contributed by atoms with E-state index >= 15 is 0 Å². The fourth-order valence-electron chi connectivity index (χ4n) is 1.24. The average Bonchev–Trinajstić information content (AvgIpc) is 2.35. The summed E-state index contributed by atoms with van der Waals surface area (Å²) in [6.07, 6.45) is 0.0339. The van der Waals surface area contributed by atoms with E-state index < -0.39 is 5.97 Å². The molecule has 7 heteroatoms. The first-order chi connectivity index (χ1) is 9.01. The lowest BCUT2D eigenvalue weighted by Gasteiger charge is -2.09. The first kappa shape index (κ1) is 15.4. The van der Waals surface area contributed by atoms with Crippen molar-refractivity contribution in [3.05, 3.63) is 29.3 Å². The van der Waals surface area contributed by atoms with Gasteiger partial charge in [0.05, 0.1) is 13.5 Å². The minimum absolute atomic E-state index is 0.0160. The zero-order valence-electron chi connectivity index (χ0n) is 10.2.